The second-order valence-corrected chi connectivity index (χ2v) is 4.66. The van der Waals surface area contributed by atoms with Crippen molar-refractivity contribution in [3.63, 3.8) is 0 Å². The molecule has 6 heteroatoms. The molecule has 2 unspecified atom stereocenters. The Morgan fingerprint density at radius 2 is 2.11 bits per heavy atom. The van der Waals surface area contributed by atoms with Crippen molar-refractivity contribution in [1.29, 1.82) is 0 Å². The van der Waals surface area contributed by atoms with Crippen LogP contribution in [0.25, 0.3) is 0 Å². The van der Waals surface area contributed by atoms with Crippen molar-refractivity contribution in [3.05, 3.63) is 33.9 Å². The lowest BCUT2D eigenvalue weighted by molar-refractivity contribution is -0.385. The van der Waals surface area contributed by atoms with Gasteiger partial charge in [-0.15, -0.1) is 0 Å². The molecule has 0 heterocycles. The van der Waals surface area contributed by atoms with E-state index in [1.807, 2.05) is 6.92 Å². The number of nitrogens with one attached hydrogen (secondary N) is 1. The molecule has 1 aromatic carbocycles. The Labute approximate surface area is 112 Å². The summed E-state index contributed by atoms with van der Waals surface area (Å²) in [6.07, 6.45) is 0.258. The third-order valence-electron chi connectivity index (χ3n) is 2.75. The monoisotopic (exact) mass is 268 g/mol. The number of aliphatic hydroxyl groups excluding tert-OH is 1. The van der Waals surface area contributed by atoms with Crippen LogP contribution in [-0.4, -0.2) is 29.3 Å². The summed E-state index contributed by atoms with van der Waals surface area (Å²) < 4.78 is 5.04. The van der Waals surface area contributed by atoms with Crippen LogP contribution in [0.4, 0.5) is 5.69 Å². The molecule has 2 atom stereocenters. The Kier molecular flexibility index (Phi) is 5.72. The van der Waals surface area contributed by atoms with Crippen LogP contribution in [0, 0.1) is 10.1 Å². The highest BCUT2D eigenvalue weighted by Crippen LogP contribution is 2.22. The molecular weight excluding hydrogens is 248 g/mol. The van der Waals surface area contributed by atoms with Crippen molar-refractivity contribution in [2.45, 2.75) is 39.0 Å². The van der Waals surface area contributed by atoms with Crippen LogP contribution in [-0.2, 0) is 6.54 Å². The Balaban J connectivity index is 2.72. The maximum atomic E-state index is 10.8. The molecule has 0 saturated carbocycles. The molecule has 0 aliphatic heterocycles. The van der Waals surface area contributed by atoms with E-state index in [4.69, 9.17) is 4.74 Å². The number of aliphatic hydroxyl groups is 1. The van der Waals surface area contributed by atoms with Crippen LogP contribution >= 0.6 is 0 Å². The zero-order valence-electron chi connectivity index (χ0n) is 11.4. The van der Waals surface area contributed by atoms with Gasteiger partial charge in [-0.2, -0.15) is 0 Å². The van der Waals surface area contributed by atoms with Gasteiger partial charge in [0.25, 0.3) is 5.69 Å². The molecule has 2 N–H and O–H groups in total. The molecular formula is C13H20N2O4. The number of rotatable bonds is 7. The smallest absolute Gasteiger partial charge is 0.273 e. The molecule has 6 nitrogen and oxygen atoms in total. The van der Waals surface area contributed by atoms with Gasteiger partial charge in [-0.1, -0.05) is 0 Å². The number of nitrogens with zero attached hydrogens (tertiary/aromatic N) is 1. The third kappa shape index (κ3) is 5.23. The van der Waals surface area contributed by atoms with E-state index in [1.165, 1.54) is 19.2 Å². The Morgan fingerprint density at radius 1 is 1.42 bits per heavy atom. The number of nitro groups is 1. The second-order valence-electron chi connectivity index (χ2n) is 4.66. The van der Waals surface area contributed by atoms with E-state index in [0.29, 0.717) is 18.7 Å². The first-order valence-corrected chi connectivity index (χ1v) is 6.16. The molecule has 0 spiro atoms. The fourth-order valence-electron chi connectivity index (χ4n) is 1.86. The van der Waals surface area contributed by atoms with E-state index in [0.717, 1.165) is 5.56 Å². The first-order chi connectivity index (χ1) is 8.92. The molecule has 0 saturated heterocycles. The van der Waals surface area contributed by atoms with Crippen molar-refractivity contribution in [2.75, 3.05) is 7.11 Å². The molecule has 19 heavy (non-hydrogen) atoms. The molecule has 0 bridgehead atoms. The van der Waals surface area contributed by atoms with E-state index < -0.39 is 4.92 Å². The molecule has 1 rings (SSSR count). The average molecular weight is 268 g/mol. The minimum atomic E-state index is -0.439. The topological polar surface area (TPSA) is 84.6 Å². The lowest BCUT2D eigenvalue weighted by Gasteiger charge is -2.15. The van der Waals surface area contributed by atoms with Gasteiger partial charge in [0.1, 0.15) is 5.75 Å². The van der Waals surface area contributed by atoms with Gasteiger partial charge >= 0.3 is 0 Å². The summed E-state index contributed by atoms with van der Waals surface area (Å²) in [4.78, 5) is 10.4. The quantitative estimate of drug-likeness (QED) is 0.582. The van der Waals surface area contributed by atoms with Crippen LogP contribution in [0.3, 0.4) is 0 Å². The minimum Gasteiger partial charge on any atom is -0.496 e. The summed E-state index contributed by atoms with van der Waals surface area (Å²) in [7, 11) is 1.48. The lowest BCUT2D eigenvalue weighted by atomic mass is 10.1. The summed E-state index contributed by atoms with van der Waals surface area (Å²) in [5, 5.41) is 23.3. The van der Waals surface area contributed by atoms with E-state index in [2.05, 4.69) is 5.32 Å². The van der Waals surface area contributed by atoms with Gasteiger partial charge in [0.15, 0.2) is 0 Å². The van der Waals surface area contributed by atoms with Crippen LogP contribution in [0.15, 0.2) is 18.2 Å². The number of nitro benzene ring substituents is 1. The minimum absolute atomic E-state index is 0.0133. The van der Waals surface area contributed by atoms with Crippen LogP contribution in [0.2, 0.25) is 0 Å². The lowest BCUT2D eigenvalue weighted by Crippen LogP contribution is -2.28. The highest BCUT2D eigenvalue weighted by molar-refractivity contribution is 5.42. The third-order valence-corrected chi connectivity index (χ3v) is 2.75. The normalized spacial score (nSPS) is 13.9. The maximum absolute atomic E-state index is 10.8. The molecule has 0 fully saturated rings. The highest BCUT2D eigenvalue weighted by atomic mass is 16.6. The number of benzene rings is 1. The van der Waals surface area contributed by atoms with Crippen molar-refractivity contribution in [1.82, 2.24) is 5.32 Å². The zero-order valence-corrected chi connectivity index (χ0v) is 11.4. The van der Waals surface area contributed by atoms with Crippen LogP contribution < -0.4 is 10.1 Å². The van der Waals surface area contributed by atoms with Crippen molar-refractivity contribution in [3.8, 4) is 5.75 Å². The number of hydrogen-bond acceptors (Lipinski definition) is 5. The predicted molar refractivity (Wildman–Crippen MR) is 72.2 cm³/mol. The molecule has 0 aliphatic carbocycles. The number of ether oxygens (including phenoxy) is 1. The summed E-state index contributed by atoms with van der Waals surface area (Å²) >= 11 is 0. The van der Waals surface area contributed by atoms with Gasteiger partial charge in [0.05, 0.1) is 24.2 Å². The molecule has 1 aromatic rings. The van der Waals surface area contributed by atoms with Gasteiger partial charge in [0.2, 0.25) is 0 Å². The van der Waals surface area contributed by atoms with Gasteiger partial charge in [-0.3, -0.25) is 10.1 Å². The maximum Gasteiger partial charge on any atom is 0.273 e. The number of hydrogen-bond donors (Lipinski definition) is 2. The summed E-state index contributed by atoms with van der Waals surface area (Å²) in [6.45, 7) is 4.18. The highest BCUT2D eigenvalue weighted by Gasteiger charge is 2.11. The van der Waals surface area contributed by atoms with Crippen LogP contribution in [0.1, 0.15) is 25.8 Å². The largest absolute Gasteiger partial charge is 0.496 e. The average Bonchev–Trinajstić information content (AvgIpc) is 2.35. The van der Waals surface area contributed by atoms with E-state index in [9.17, 15) is 15.2 Å². The fraction of sp³-hybridized carbons (Fsp3) is 0.538. The van der Waals surface area contributed by atoms with Gasteiger partial charge in [-0.05, 0) is 31.9 Å². The molecule has 0 radical (unpaired) electrons. The van der Waals surface area contributed by atoms with Crippen LogP contribution in [0.5, 0.6) is 5.75 Å². The molecule has 106 valence electrons. The summed E-state index contributed by atoms with van der Waals surface area (Å²) in [5.74, 6) is 0.467. The standard InChI is InChI=1S/C13H20N2O4/c1-9(4-10(2)16)14-8-11-5-12(15(17)18)7-13(6-11)19-3/h5-7,9-10,14,16H,4,8H2,1-3H3. The first-order valence-electron chi connectivity index (χ1n) is 6.16. The van der Waals surface area contributed by atoms with E-state index in [1.54, 1.807) is 13.0 Å². The van der Waals surface area contributed by atoms with Crippen molar-refractivity contribution >= 4 is 5.69 Å². The van der Waals surface area contributed by atoms with Gasteiger partial charge in [-0.25, -0.2) is 0 Å². The summed E-state index contributed by atoms with van der Waals surface area (Å²) in [5.41, 5.74) is 0.794. The Morgan fingerprint density at radius 3 is 2.63 bits per heavy atom. The first kappa shape index (κ1) is 15.4. The SMILES string of the molecule is COc1cc(CNC(C)CC(C)O)cc([N+](=O)[O-])c1. The zero-order chi connectivity index (χ0) is 14.4. The Bertz CT molecular complexity index is 435. The van der Waals surface area contributed by atoms with Crippen molar-refractivity contribution < 1.29 is 14.8 Å². The van der Waals surface area contributed by atoms with E-state index in [-0.39, 0.29) is 17.8 Å². The Hall–Kier alpha value is -1.66. The number of non-ortho nitro benzene ring substituents is 1. The van der Waals surface area contributed by atoms with Gasteiger partial charge in [0, 0.05) is 18.7 Å². The van der Waals surface area contributed by atoms with Crippen molar-refractivity contribution in [2.24, 2.45) is 0 Å². The predicted octanol–water partition coefficient (Wildman–Crippen LogP) is 1.85. The molecule has 0 aromatic heterocycles. The van der Waals surface area contributed by atoms with E-state index >= 15 is 0 Å². The fourth-order valence-corrected chi connectivity index (χ4v) is 1.86. The molecule has 0 amide bonds. The summed E-state index contributed by atoms with van der Waals surface area (Å²) in [6, 6.07) is 4.80. The number of methoxy groups -OCH3 is 1. The van der Waals surface area contributed by atoms with Gasteiger partial charge < -0.3 is 15.2 Å². The second kappa shape index (κ2) is 7.06. The molecule has 0 aliphatic rings.